The second kappa shape index (κ2) is 7.41. The van der Waals surface area contributed by atoms with E-state index in [0.717, 1.165) is 17.1 Å². The number of amides is 1. The van der Waals surface area contributed by atoms with E-state index in [1.807, 2.05) is 72.1 Å². The fourth-order valence-corrected chi connectivity index (χ4v) is 4.27. The predicted molar refractivity (Wildman–Crippen MR) is 112 cm³/mol. The summed E-state index contributed by atoms with van der Waals surface area (Å²) in [5.74, 6) is -0.515. The number of aromatic nitrogens is 3. The highest BCUT2D eigenvalue weighted by atomic mass is 16.7. The number of ether oxygens (including phenoxy) is 2. The van der Waals surface area contributed by atoms with E-state index in [0.29, 0.717) is 44.8 Å². The molecule has 2 aromatic heterocycles. The third kappa shape index (κ3) is 3.34. The van der Waals surface area contributed by atoms with Crippen LogP contribution in [0.25, 0.3) is 17.1 Å². The number of nitrogens with zero attached hydrogens (tertiary/aromatic N) is 4. The van der Waals surface area contributed by atoms with Crippen LogP contribution in [0, 0.1) is 6.92 Å². The third-order valence-electron chi connectivity index (χ3n) is 6.04. The first-order valence-electron chi connectivity index (χ1n) is 10.4. The Morgan fingerprint density at radius 1 is 1.07 bits per heavy atom. The van der Waals surface area contributed by atoms with Crippen molar-refractivity contribution >= 4 is 5.91 Å². The zero-order valence-electron chi connectivity index (χ0n) is 17.4. The normalized spacial score (nSPS) is 18.3. The maximum atomic E-state index is 13.5. The van der Waals surface area contributed by atoms with Crippen molar-refractivity contribution in [3.8, 4) is 17.1 Å². The van der Waals surface area contributed by atoms with Gasteiger partial charge in [-0.25, -0.2) is 4.68 Å². The van der Waals surface area contributed by atoms with Gasteiger partial charge in [0.1, 0.15) is 11.4 Å². The van der Waals surface area contributed by atoms with Crippen molar-refractivity contribution in [2.45, 2.75) is 25.6 Å². The average Bonchev–Trinajstić information content (AvgIpc) is 3.49. The molecule has 0 bridgehead atoms. The van der Waals surface area contributed by atoms with E-state index in [1.54, 1.807) is 4.68 Å². The van der Waals surface area contributed by atoms with Crippen molar-refractivity contribution in [2.24, 2.45) is 7.05 Å². The number of aryl methyl sites for hydroxylation is 2. The van der Waals surface area contributed by atoms with E-state index in [4.69, 9.17) is 14.6 Å². The molecule has 1 aromatic carbocycles. The molecule has 1 amide bonds. The minimum absolute atomic E-state index is 0.0172. The lowest BCUT2D eigenvalue weighted by Gasteiger charge is -2.37. The number of benzene rings is 1. The molecule has 3 aromatic rings. The molecule has 7 heteroatoms. The quantitative estimate of drug-likeness (QED) is 0.670. The van der Waals surface area contributed by atoms with Crippen LogP contribution < -0.4 is 0 Å². The molecular weight excluding hydrogens is 380 g/mol. The van der Waals surface area contributed by atoms with Crippen LogP contribution in [0.2, 0.25) is 0 Å². The largest absolute Gasteiger partial charge is 0.349 e. The number of piperidine rings is 1. The maximum Gasteiger partial charge on any atom is 0.272 e. The average molecular weight is 406 g/mol. The van der Waals surface area contributed by atoms with Crippen molar-refractivity contribution in [3.05, 3.63) is 59.9 Å². The van der Waals surface area contributed by atoms with Gasteiger partial charge in [0.2, 0.25) is 0 Å². The third-order valence-corrected chi connectivity index (χ3v) is 6.04. The summed E-state index contributed by atoms with van der Waals surface area (Å²) in [5.41, 5.74) is 4.36. The first-order chi connectivity index (χ1) is 14.5. The molecule has 2 saturated heterocycles. The van der Waals surface area contributed by atoms with Gasteiger partial charge in [-0.2, -0.15) is 5.10 Å². The second-order valence-corrected chi connectivity index (χ2v) is 8.07. The summed E-state index contributed by atoms with van der Waals surface area (Å²) >= 11 is 0. The van der Waals surface area contributed by atoms with Crippen molar-refractivity contribution < 1.29 is 14.3 Å². The van der Waals surface area contributed by atoms with Crippen molar-refractivity contribution in [1.82, 2.24) is 19.2 Å². The molecular formula is C23H26N4O3. The van der Waals surface area contributed by atoms with Gasteiger partial charge in [-0.3, -0.25) is 4.79 Å². The van der Waals surface area contributed by atoms with Crippen molar-refractivity contribution in [3.63, 3.8) is 0 Å². The van der Waals surface area contributed by atoms with Crippen LogP contribution >= 0.6 is 0 Å². The zero-order valence-corrected chi connectivity index (χ0v) is 17.4. The molecule has 2 aliphatic rings. The Morgan fingerprint density at radius 3 is 2.40 bits per heavy atom. The van der Waals surface area contributed by atoms with Crippen molar-refractivity contribution in [1.29, 1.82) is 0 Å². The van der Waals surface area contributed by atoms with Crippen LogP contribution in [0.15, 0.2) is 48.7 Å². The van der Waals surface area contributed by atoms with Crippen LogP contribution in [-0.4, -0.2) is 57.2 Å². The molecule has 0 atom stereocenters. The SMILES string of the molecule is Cc1ccc(-n2nc(-c3cccn3C)cc2C(=O)N2CCC3(CC2)OCCO3)cc1. The molecule has 0 radical (unpaired) electrons. The topological polar surface area (TPSA) is 61.5 Å². The Kier molecular flexibility index (Phi) is 4.72. The smallest absolute Gasteiger partial charge is 0.272 e. The van der Waals surface area contributed by atoms with Crippen LogP contribution in [0.1, 0.15) is 28.9 Å². The van der Waals surface area contributed by atoms with E-state index < -0.39 is 5.79 Å². The van der Waals surface area contributed by atoms with Gasteiger partial charge < -0.3 is 18.9 Å². The molecule has 30 heavy (non-hydrogen) atoms. The highest BCUT2D eigenvalue weighted by molar-refractivity contribution is 5.94. The Morgan fingerprint density at radius 2 is 1.77 bits per heavy atom. The molecule has 2 fully saturated rings. The molecule has 4 heterocycles. The van der Waals surface area contributed by atoms with Gasteiger partial charge in [-0.15, -0.1) is 0 Å². The Balaban J connectivity index is 1.48. The first-order valence-corrected chi connectivity index (χ1v) is 10.4. The number of likely N-dealkylation sites (tertiary alicyclic amines) is 1. The molecule has 156 valence electrons. The van der Waals surface area contributed by atoms with Crippen LogP contribution in [-0.2, 0) is 16.5 Å². The number of rotatable bonds is 3. The summed E-state index contributed by atoms with van der Waals surface area (Å²) < 4.78 is 15.4. The number of hydrogen-bond acceptors (Lipinski definition) is 4. The predicted octanol–water partition coefficient (Wildman–Crippen LogP) is 3.17. The van der Waals surface area contributed by atoms with Crippen LogP contribution in [0.5, 0.6) is 0 Å². The van der Waals surface area contributed by atoms with Gasteiger partial charge in [-0.05, 0) is 37.3 Å². The maximum absolute atomic E-state index is 13.5. The monoisotopic (exact) mass is 406 g/mol. The second-order valence-electron chi connectivity index (χ2n) is 8.07. The number of hydrogen-bond donors (Lipinski definition) is 0. The van der Waals surface area contributed by atoms with Gasteiger partial charge in [0.25, 0.3) is 5.91 Å². The molecule has 0 N–H and O–H groups in total. The van der Waals surface area contributed by atoms with Crippen LogP contribution in [0.3, 0.4) is 0 Å². The standard InChI is InChI=1S/C23H26N4O3/c1-17-5-7-18(8-6-17)27-21(16-19(24-27)20-4-3-11-25(20)2)22(28)26-12-9-23(10-13-26)29-14-15-30-23/h3-8,11,16H,9-10,12-15H2,1-2H3. The first kappa shape index (κ1) is 19.1. The Labute approximate surface area is 175 Å². The highest BCUT2D eigenvalue weighted by Gasteiger charge is 2.41. The fraction of sp³-hybridized carbons (Fsp3) is 0.391. The minimum atomic E-state index is -0.498. The van der Waals surface area contributed by atoms with E-state index >= 15 is 0 Å². The minimum Gasteiger partial charge on any atom is -0.349 e. The zero-order chi connectivity index (χ0) is 20.7. The number of carbonyl (C=O) groups is 1. The Hall–Kier alpha value is -2.90. The molecule has 0 saturated carbocycles. The summed E-state index contributed by atoms with van der Waals surface area (Å²) in [6, 6.07) is 14.0. The summed E-state index contributed by atoms with van der Waals surface area (Å²) in [7, 11) is 1.98. The van der Waals surface area contributed by atoms with E-state index in [9.17, 15) is 4.79 Å². The summed E-state index contributed by atoms with van der Waals surface area (Å²) in [6.07, 6.45) is 3.37. The molecule has 5 rings (SSSR count). The lowest BCUT2D eigenvalue weighted by atomic mass is 10.0. The van der Waals surface area contributed by atoms with Crippen molar-refractivity contribution in [2.75, 3.05) is 26.3 Å². The number of carbonyl (C=O) groups excluding carboxylic acids is 1. The summed E-state index contributed by atoms with van der Waals surface area (Å²) in [6.45, 7) is 4.53. The Bertz CT molecular complexity index is 1050. The molecule has 7 nitrogen and oxygen atoms in total. The van der Waals surface area contributed by atoms with Gasteiger partial charge >= 0.3 is 0 Å². The molecule has 1 spiro atoms. The highest BCUT2D eigenvalue weighted by Crippen LogP contribution is 2.32. The lowest BCUT2D eigenvalue weighted by molar-refractivity contribution is -0.181. The van der Waals surface area contributed by atoms with E-state index in [2.05, 4.69) is 0 Å². The summed E-state index contributed by atoms with van der Waals surface area (Å²) in [4.78, 5) is 15.4. The molecule has 0 unspecified atom stereocenters. The molecule has 0 aliphatic carbocycles. The summed E-state index contributed by atoms with van der Waals surface area (Å²) in [5, 5.41) is 4.80. The van der Waals surface area contributed by atoms with E-state index in [-0.39, 0.29) is 5.91 Å². The van der Waals surface area contributed by atoms with Gasteiger partial charge in [0.15, 0.2) is 5.79 Å². The van der Waals surface area contributed by atoms with Gasteiger partial charge in [0, 0.05) is 39.2 Å². The van der Waals surface area contributed by atoms with Gasteiger partial charge in [-0.1, -0.05) is 17.7 Å². The van der Waals surface area contributed by atoms with Crippen LogP contribution in [0.4, 0.5) is 0 Å². The molecule has 2 aliphatic heterocycles. The van der Waals surface area contributed by atoms with E-state index in [1.165, 1.54) is 5.56 Å². The fourth-order valence-electron chi connectivity index (χ4n) is 4.27. The van der Waals surface area contributed by atoms with Gasteiger partial charge in [0.05, 0.1) is 24.6 Å². The lowest BCUT2D eigenvalue weighted by Crippen LogP contribution is -2.47.